The Morgan fingerprint density at radius 2 is 1.83 bits per heavy atom. The van der Waals surface area contributed by atoms with Crippen molar-refractivity contribution in [2.24, 2.45) is 11.7 Å². The van der Waals surface area contributed by atoms with E-state index in [0.29, 0.717) is 6.41 Å². The van der Waals surface area contributed by atoms with Crippen molar-refractivity contribution in [2.45, 2.75) is 24.0 Å². The smallest absolute Gasteiger partial charge is 0.221 e. The van der Waals surface area contributed by atoms with Crippen molar-refractivity contribution in [3.8, 4) is 0 Å². The third kappa shape index (κ3) is 6.16. The molecule has 0 spiro atoms. The van der Waals surface area contributed by atoms with Crippen molar-refractivity contribution in [3.63, 3.8) is 0 Å². The number of carbonyl (C=O) groups is 1. The first-order chi connectivity index (χ1) is 11.5. The summed E-state index contributed by atoms with van der Waals surface area (Å²) in [6.45, 7) is 2.20. The molecular weight excluding hydrogens is 388 g/mol. The molecule has 0 aliphatic carbocycles. The van der Waals surface area contributed by atoms with Crippen LogP contribution in [0.15, 0.2) is 51.8 Å². The Bertz CT molecular complexity index is 652. The van der Waals surface area contributed by atoms with Gasteiger partial charge in [0.15, 0.2) is 0 Å². The lowest BCUT2D eigenvalue weighted by Crippen LogP contribution is -2.25. The molecule has 0 bridgehead atoms. The van der Waals surface area contributed by atoms with Gasteiger partial charge in [-0.05, 0) is 45.6 Å². The number of thioether (sulfide) groups is 1. The van der Waals surface area contributed by atoms with Crippen LogP contribution in [0.25, 0.3) is 0 Å². The second-order valence-electron chi connectivity index (χ2n) is 4.89. The topological polar surface area (TPSA) is 84.4 Å². The SMILES string of the molecule is CCc1ccccc1CSc1c(Br)cccc1N(C)N.NNC=O. The summed E-state index contributed by atoms with van der Waals surface area (Å²) in [7, 11) is 1.87. The van der Waals surface area contributed by atoms with Gasteiger partial charge in [-0.3, -0.25) is 10.2 Å². The van der Waals surface area contributed by atoms with Crippen LogP contribution in [0.5, 0.6) is 0 Å². The van der Waals surface area contributed by atoms with Gasteiger partial charge >= 0.3 is 0 Å². The van der Waals surface area contributed by atoms with Crippen molar-refractivity contribution in [2.75, 3.05) is 12.1 Å². The monoisotopic (exact) mass is 410 g/mol. The molecule has 5 nitrogen and oxygen atoms in total. The van der Waals surface area contributed by atoms with Crippen LogP contribution < -0.4 is 22.1 Å². The largest absolute Gasteiger partial charge is 0.313 e. The lowest BCUT2D eigenvalue weighted by molar-refractivity contribution is -0.109. The molecule has 5 N–H and O–H groups in total. The third-order valence-electron chi connectivity index (χ3n) is 3.27. The Morgan fingerprint density at radius 1 is 1.21 bits per heavy atom. The molecule has 0 aromatic heterocycles. The van der Waals surface area contributed by atoms with Crippen molar-refractivity contribution < 1.29 is 4.79 Å². The number of halogens is 1. The van der Waals surface area contributed by atoms with Gasteiger partial charge in [-0.15, -0.1) is 11.8 Å². The molecular formula is C17H23BrN4OS. The Morgan fingerprint density at radius 3 is 2.38 bits per heavy atom. The minimum absolute atomic E-state index is 0.403. The summed E-state index contributed by atoms with van der Waals surface area (Å²) in [5, 5.41) is 1.67. The molecule has 0 saturated carbocycles. The summed E-state index contributed by atoms with van der Waals surface area (Å²) in [5.41, 5.74) is 5.59. The molecule has 7 heteroatoms. The number of amides is 1. The predicted octanol–water partition coefficient (Wildman–Crippen LogP) is 3.22. The first-order valence-electron chi connectivity index (χ1n) is 7.41. The third-order valence-corrected chi connectivity index (χ3v) is 5.36. The molecule has 0 heterocycles. The molecule has 2 rings (SSSR count). The highest BCUT2D eigenvalue weighted by Crippen LogP contribution is 2.37. The highest BCUT2D eigenvalue weighted by molar-refractivity contribution is 9.10. The Kier molecular flexibility index (Phi) is 9.48. The first kappa shape index (κ1) is 20.5. The van der Waals surface area contributed by atoms with E-state index in [0.717, 1.165) is 22.3 Å². The van der Waals surface area contributed by atoms with E-state index in [-0.39, 0.29) is 0 Å². The number of carbonyl (C=O) groups excluding carboxylic acids is 1. The minimum atomic E-state index is 0.403. The molecule has 0 fully saturated rings. The minimum Gasteiger partial charge on any atom is -0.313 e. The van der Waals surface area contributed by atoms with Crippen LogP contribution in [0.3, 0.4) is 0 Å². The molecule has 24 heavy (non-hydrogen) atoms. The fraction of sp³-hybridized carbons (Fsp3) is 0.235. The van der Waals surface area contributed by atoms with Gasteiger partial charge < -0.3 is 5.01 Å². The standard InChI is InChI=1S/C16H19BrN2S.CH4N2O/c1-3-12-7-4-5-8-13(12)11-20-16-14(17)9-6-10-15(16)19(2)18;2-3-1-4/h4-10H,3,11,18H2,1-2H3;1H,2H2,(H,3,4). The molecule has 1 amide bonds. The van der Waals surface area contributed by atoms with E-state index >= 15 is 0 Å². The number of anilines is 1. The molecule has 0 radical (unpaired) electrons. The Labute approximate surface area is 155 Å². The Hall–Kier alpha value is -1.54. The van der Waals surface area contributed by atoms with Crippen LogP contribution >= 0.6 is 27.7 Å². The molecule has 130 valence electrons. The van der Waals surface area contributed by atoms with Crippen molar-refractivity contribution in [1.29, 1.82) is 0 Å². The lowest BCUT2D eigenvalue weighted by Gasteiger charge is -2.18. The molecule has 0 saturated heterocycles. The predicted molar refractivity (Wildman–Crippen MR) is 106 cm³/mol. The van der Waals surface area contributed by atoms with Crippen LogP contribution in [0, 0.1) is 0 Å². The summed E-state index contributed by atoms with van der Waals surface area (Å²) >= 11 is 5.44. The van der Waals surface area contributed by atoms with E-state index in [9.17, 15) is 0 Å². The zero-order chi connectivity index (χ0) is 17.9. The van der Waals surface area contributed by atoms with Gasteiger partial charge in [0, 0.05) is 22.2 Å². The summed E-state index contributed by atoms with van der Waals surface area (Å²) in [6, 6.07) is 14.7. The zero-order valence-electron chi connectivity index (χ0n) is 13.8. The number of nitrogens with two attached hydrogens (primary N) is 2. The van der Waals surface area contributed by atoms with E-state index in [1.807, 2.05) is 30.9 Å². The van der Waals surface area contributed by atoms with Crippen LogP contribution in [-0.2, 0) is 17.0 Å². The normalized spacial score (nSPS) is 9.71. The van der Waals surface area contributed by atoms with Crippen molar-refractivity contribution >= 4 is 39.8 Å². The van der Waals surface area contributed by atoms with Crippen LogP contribution in [0.1, 0.15) is 18.1 Å². The number of hydrazine groups is 2. The highest BCUT2D eigenvalue weighted by Gasteiger charge is 2.10. The molecule has 2 aromatic carbocycles. The maximum Gasteiger partial charge on any atom is 0.221 e. The number of nitrogens with zero attached hydrogens (tertiary/aromatic N) is 1. The molecule has 0 atom stereocenters. The first-order valence-corrected chi connectivity index (χ1v) is 9.19. The number of hydrogen-bond donors (Lipinski definition) is 3. The zero-order valence-corrected chi connectivity index (χ0v) is 16.2. The molecule has 0 aliphatic heterocycles. The van der Waals surface area contributed by atoms with Gasteiger partial charge in [0.05, 0.1) is 5.69 Å². The number of nitrogens with one attached hydrogen (secondary N) is 1. The second-order valence-corrected chi connectivity index (χ2v) is 6.73. The average Bonchev–Trinajstić information content (AvgIpc) is 2.60. The maximum atomic E-state index is 8.94. The van der Waals surface area contributed by atoms with Gasteiger partial charge in [-0.1, -0.05) is 37.3 Å². The van der Waals surface area contributed by atoms with Crippen molar-refractivity contribution in [3.05, 3.63) is 58.1 Å². The van der Waals surface area contributed by atoms with Gasteiger partial charge in [0.2, 0.25) is 6.41 Å². The number of aryl methyl sites for hydroxylation is 1. The van der Waals surface area contributed by atoms with Gasteiger partial charge in [-0.2, -0.15) is 0 Å². The lowest BCUT2D eigenvalue weighted by atomic mass is 10.1. The number of rotatable bonds is 6. The average molecular weight is 411 g/mol. The summed E-state index contributed by atoms with van der Waals surface area (Å²) < 4.78 is 1.09. The summed E-state index contributed by atoms with van der Waals surface area (Å²) in [6.07, 6.45) is 1.47. The van der Waals surface area contributed by atoms with E-state index in [4.69, 9.17) is 10.6 Å². The molecule has 0 aliphatic rings. The van der Waals surface area contributed by atoms with E-state index < -0.39 is 0 Å². The molecule has 0 unspecified atom stereocenters. The maximum absolute atomic E-state index is 8.94. The number of hydrogen-bond acceptors (Lipinski definition) is 5. The van der Waals surface area contributed by atoms with Crippen molar-refractivity contribution in [1.82, 2.24) is 5.43 Å². The van der Waals surface area contributed by atoms with Gasteiger partial charge in [0.1, 0.15) is 0 Å². The van der Waals surface area contributed by atoms with Crippen LogP contribution in [0.4, 0.5) is 5.69 Å². The van der Waals surface area contributed by atoms with Crippen LogP contribution in [0.2, 0.25) is 0 Å². The Balaban J connectivity index is 0.000000648. The molecule has 2 aromatic rings. The fourth-order valence-electron chi connectivity index (χ4n) is 2.11. The van der Waals surface area contributed by atoms with Gasteiger partial charge in [-0.25, -0.2) is 11.7 Å². The second kappa shape index (κ2) is 11.1. The summed E-state index contributed by atoms with van der Waals surface area (Å²) in [5.74, 6) is 11.3. The highest BCUT2D eigenvalue weighted by atomic mass is 79.9. The fourth-order valence-corrected chi connectivity index (χ4v) is 3.96. The van der Waals surface area contributed by atoms with Crippen LogP contribution in [-0.4, -0.2) is 13.5 Å². The summed E-state index contributed by atoms with van der Waals surface area (Å²) in [4.78, 5) is 10.1. The van der Waals surface area contributed by atoms with E-state index in [2.05, 4.69) is 59.0 Å². The quantitative estimate of drug-likeness (QED) is 0.224. The van der Waals surface area contributed by atoms with E-state index in [1.54, 1.807) is 10.4 Å². The number of benzene rings is 2. The van der Waals surface area contributed by atoms with E-state index in [1.165, 1.54) is 16.0 Å². The van der Waals surface area contributed by atoms with Gasteiger partial charge in [0.25, 0.3) is 0 Å².